The van der Waals surface area contributed by atoms with Gasteiger partial charge >= 0.3 is 5.97 Å². The van der Waals surface area contributed by atoms with Crippen LogP contribution in [0.25, 0.3) is 10.9 Å². The number of carboxylic acid groups (broad SMARTS) is 1. The quantitative estimate of drug-likeness (QED) is 0.834. The molecule has 0 aliphatic heterocycles. The van der Waals surface area contributed by atoms with Gasteiger partial charge in [-0.3, -0.25) is 4.79 Å². The second-order valence-electron chi connectivity index (χ2n) is 4.05. The number of fused-ring (bicyclic) bond motifs is 1. The molecule has 1 aromatic carbocycles. The van der Waals surface area contributed by atoms with Crippen molar-refractivity contribution in [3.63, 3.8) is 0 Å². The first kappa shape index (κ1) is 11.6. The number of carbonyl (C=O) groups is 1. The predicted octanol–water partition coefficient (Wildman–Crippen LogP) is 1.71. The van der Waals surface area contributed by atoms with Crippen molar-refractivity contribution in [3.05, 3.63) is 35.3 Å². The van der Waals surface area contributed by atoms with E-state index in [1.54, 1.807) is 24.6 Å². The predicted molar refractivity (Wildman–Crippen MR) is 62.2 cm³/mol. The third-order valence-electron chi connectivity index (χ3n) is 3.03. The average Bonchev–Trinajstić information content (AvgIpc) is 2.50. The monoisotopic (exact) mass is 236 g/mol. The lowest BCUT2D eigenvalue weighted by Crippen LogP contribution is -2.23. The van der Waals surface area contributed by atoms with E-state index in [9.17, 15) is 9.18 Å². The van der Waals surface area contributed by atoms with Gasteiger partial charge in [0, 0.05) is 23.6 Å². The molecule has 2 rings (SSSR count). The SMILES string of the molecule is Cc1c(C(N)C(=O)O)n(C)c2ccc(F)cc12. The smallest absolute Gasteiger partial charge is 0.326 e. The van der Waals surface area contributed by atoms with Crippen LogP contribution in [0.15, 0.2) is 18.2 Å². The Labute approximate surface area is 97.5 Å². The number of hydrogen-bond acceptors (Lipinski definition) is 2. The van der Waals surface area contributed by atoms with Gasteiger partial charge in [-0.05, 0) is 30.7 Å². The first-order chi connectivity index (χ1) is 7.93. The number of aliphatic carboxylic acids is 1. The highest BCUT2D eigenvalue weighted by Gasteiger charge is 2.22. The summed E-state index contributed by atoms with van der Waals surface area (Å²) >= 11 is 0. The Kier molecular flexibility index (Phi) is 2.63. The molecule has 1 unspecified atom stereocenters. The molecule has 3 N–H and O–H groups in total. The van der Waals surface area contributed by atoms with E-state index in [1.807, 2.05) is 0 Å². The van der Waals surface area contributed by atoms with Crippen molar-refractivity contribution in [3.8, 4) is 0 Å². The summed E-state index contributed by atoms with van der Waals surface area (Å²) in [7, 11) is 1.73. The number of aromatic nitrogens is 1. The molecule has 0 saturated carbocycles. The number of hydrogen-bond donors (Lipinski definition) is 2. The molecular formula is C12H13FN2O2. The van der Waals surface area contributed by atoms with Gasteiger partial charge in [-0.25, -0.2) is 4.39 Å². The number of nitrogens with two attached hydrogens (primary N) is 1. The van der Waals surface area contributed by atoms with Crippen LogP contribution < -0.4 is 5.73 Å². The van der Waals surface area contributed by atoms with Crippen LogP contribution in [0.4, 0.5) is 4.39 Å². The maximum absolute atomic E-state index is 13.2. The lowest BCUT2D eigenvalue weighted by atomic mass is 10.1. The van der Waals surface area contributed by atoms with Crippen LogP contribution in [0.3, 0.4) is 0 Å². The summed E-state index contributed by atoms with van der Waals surface area (Å²) in [6.45, 7) is 1.75. The number of rotatable bonds is 2. The molecule has 0 aliphatic rings. The van der Waals surface area contributed by atoms with Crippen LogP contribution in [0, 0.1) is 12.7 Å². The minimum Gasteiger partial charge on any atom is -0.480 e. The van der Waals surface area contributed by atoms with Crippen molar-refractivity contribution < 1.29 is 14.3 Å². The molecule has 1 atom stereocenters. The Morgan fingerprint density at radius 3 is 2.76 bits per heavy atom. The first-order valence-electron chi connectivity index (χ1n) is 5.16. The Bertz CT molecular complexity index is 604. The highest BCUT2D eigenvalue weighted by molar-refractivity contribution is 5.88. The molecule has 0 saturated heterocycles. The number of benzene rings is 1. The van der Waals surface area contributed by atoms with Gasteiger partial charge in [0.2, 0.25) is 0 Å². The van der Waals surface area contributed by atoms with Gasteiger partial charge in [-0.15, -0.1) is 0 Å². The molecule has 0 aliphatic carbocycles. The third-order valence-corrected chi connectivity index (χ3v) is 3.03. The van der Waals surface area contributed by atoms with Crippen molar-refractivity contribution >= 4 is 16.9 Å². The van der Waals surface area contributed by atoms with E-state index in [4.69, 9.17) is 10.8 Å². The fourth-order valence-corrected chi connectivity index (χ4v) is 2.18. The summed E-state index contributed by atoms with van der Waals surface area (Å²) in [6.07, 6.45) is 0. The minimum absolute atomic E-state index is 0.346. The van der Waals surface area contributed by atoms with Gasteiger partial charge in [-0.2, -0.15) is 0 Å². The minimum atomic E-state index is -1.10. The van der Waals surface area contributed by atoms with Crippen LogP contribution in [0.5, 0.6) is 0 Å². The zero-order chi connectivity index (χ0) is 12.7. The maximum atomic E-state index is 13.2. The van der Waals surface area contributed by atoms with Gasteiger partial charge in [-0.1, -0.05) is 0 Å². The van der Waals surface area contributed by atoms with Crippen LogP contribution in [-0.2, 0) is 11.8 Å². The average molecular weight is 236 g/mol. The Morgan fingerprint density at radius 2 is 2.18 bits per heavy atom. The van der Waals surface area contributed by atoms with Crippen LogP contribution in [0.2, 0.25) is 0 Å². The van der Waals surface area contributed by atoms with Crippen molar-refractivity contribution in [2.45, 2.75) is 13.0 Å². The Hall–Kier alpha value is -1.88. The Balaban J connectivity index is 2.77. The molecule has 0 amide bonds. The van der Waals surface area contributed by atoms with Crippen molar-refractivity contribution in [2.75, 3.05) is 0 Å². The highest BCUT2D eigenvalue weighted by atomic mass is 19.1. The van der Waals surface area contributed by atoms with Crippen molar-refractivity contribution in [2.24, 2.45) is 12.8 Å². The fraction of sp³-hybridized carbons (Fsp3) is 0.250. The van der Waals surface area contributed by atoms with Gasteiger partial charge in [0.25, 0.3) is 0 Å². The van der Waals surface area contributed by atoms with Crippen LogP contribution >= 0.6 is 0 Å². The zero-order valence-corrected chi connectivity index (χ0v) is 9.57. The van der Waals surface area contributed by atoms with E-state index in [-0.39, 0.29) is 5.82 Å². The number of carboxylic acids is 1. The summed E-state index contributed by atoms with van der Waals surface area (Å²) in [5.74, 6) is -1.44. The molecule has 1 heterocycles. The Morgan fingerprint density at radius 1 is 1.53 bits per heavy atom. The first-order valence-corrected chi connectivity index (χ1v) is 5.16. The summed E-state index contributed by atoms with van der Waals surface area (Å²) < 4.78 is 14.9. The number of aryl methyl sites for hydroxylation is 2. The topological polar surface area (TPSA) is 68.2 Å². The van der Waals surface area contributed by atoms with E-state index in [1.165, 1.54) is 12.1 Å². The molecule has 1 aromatic heterocycles. The van der Waals surface area contributed by atoms with Crippen LogP contribution in [-0.4, -0.2) is 15.6 Å². The molecular weight excluding hydrogens is 223 g/mol. The summed E-state index contributed by atoms with van der Waals surface area (Å²) in [4.78, 5) is 10.9. The lowest BCUT2D eigenvalue weighted by molar-refractivity contribution is -0.138. The van der Waals surface area contributed by atoms with Gasteiger partial charge in [0.05, 0.1) is 0 Å². The summed E-state index contributed by atoms with van der Waals surface area (Å²) in [6, 6.07) is 3.26. The molecule has 0 radical (unpaired) electrons. The van der Waals surface area contributed by atoms with Crippen LogP contribution in [0.1, 0.15) is 17.3 Å². The standard InChI is InChI=1S/C12H13FN2O2/c1-6-8-5-7(13)3-4-9(8)15(2)11(6)10(14)12(16)17/h3-5,10H,14H2,1-2H3,(H,16,17). The van der Waals surface area contributed by atoms with E-state index in [0.717, 1.165) is 5.52 Å². The van der Waals surface area contributed by atoms with Crippen molar-refractivity contribution in [1.82, 2.24) is 4.57 Å². The van der Waals surface area contributed by atoms with Gasteiger partial charge in [0.15, 0.2) is 0 Å². The second kappa shape index (κ2) is 3.85. The summed E-state index contributed by atoms with van der Waals surface area (Å²) in [5, 5.41) is 9.65. The molecule has 17 heavy (non-hydrogen) atoms. The number of halogens is 1. The summed E-state index contributed by atoms with van der Waals surface area (Å²) in [5.41, 5.74) is 7.60. The van der Waals surface area contributed by atoms with E-state index in [0.29, 0.717) is 16.6 Å². The number of nitrogens with zero attached hydrogens (tertiary/aromatic N) is 1. The van der Waals surface area contributed by atoms with Gasteiger partial charge < -0.3 is 15.4 Å². The largest absolute Gasteiger partial charge is 0.480 e. The molecule has 5 heteroatoms. The molecule has 0 bridgehead atoms. The molecule has 90 valence electrons. The zero-order valence-electron chi connectivity index (χ0n) is 9.57. The lowest BCUT2D eigenvalue weighted by Gasteiger charge is -2.09. The fourth-order valence-electron chi connectivity index (χ4n) is 2.18. The second-order valence-corrected chi connectivity index (χ2v) is 4.05. The molecule has 4 nitrogen and oxygen atoms in total. The molecule has 0 spiro atoms. The highest BCUT2D eigenvalue weighted by Crippen LogP contribution is 2.28. The molecule has 2 aromatic rings. The molecule has 0 fully saturated rings. The van der Waals surface area contributed by atoms with Gasteiger partial charge in [0.1, 0.15) is 11.9 Å². The van der Waals surface area contributed by atoms with E-state index >= 15 is 0 Å². The normalized spacial score (nSPS) is 12.9. The van der Waals surface area contributed by atoms with E-state index < -0.39 is 12.0 Å². The third kappa shape index (κ3) is 1.68. The maximum Gasteiger partial charge on any atom is 0.326 e. The van der Waals surface area contributed by atoms with E-state index in [2.05, 4.69) is 0 Å². The van der Waals surface area contributed by atoms with Crippen molar-refractivity contribution in [1.29, 1.82) is 0 Å².